The second-order valence-corrected chi connectivity index (χ2v) is 7.74. The normalized spacial score (nSPS) is 10.2. The van der Waals surface area contributed by atoms with Crippen LogP contribution in [0.5, 0.6) is 17.2 Å². The lowest BCUT2D eigenvalue weighted by molar-refractivity contribution is -0.118. The van der Waals surface area contributed by atoms with Gasteiger partial charge in [0.2, 0.25) is 0 Å². The summed E-state index contributed by atoms with van der Waals surface area (Å²) in [6.45, 7) is -0.447. The van der Waals surface area contributed by atoms with E-state index in [9.17, 15) is 14.4 Å². The van der Waals surface area contributed by atoms with Crippen LogP contribution in [0.15, 0.2) is 109 Å². The molecule has 0 saturated carbocycles. The number of nitrogens with one attached hydrogen (secondary N) is 2. The van der Waals surface area contributed by atoms with Gasteiger partial charge >= 0.3 is 0 Å². The zero-order valence-corrected chi connectivity index (χ0v) is 19.3. The first-order chi connectivity index (χ1) is 17.6. The minimum atomic E-state index is -0.468. The van der Waals surface area contributed by atoms with Gasteiger partial charge in [0.1, 0.15) is 17.2 Å². The SMILES string of the molecule is O=C(COc1ccccc1C(=O)NCC(=O)c1ccccc1)Nc1ccc(Oc2ccccc2)cc1. The number of anilines is 1. The highest BCUT2D eigenvalue weighted by Gasteiger charge is 2.15. The van der Waals surface area contributed by atoms with E-state index in [2.05, 4.69) is 10.6 Å². The molecule has 7 heteroatoms. The van der Waals surface area contributed by atoms with Crippen molar-refractivity contribution in [1.82, 2.24) is 5.32 Å². The highest BCUT2D eigenvalue weighted by molar-refractivity contribution is 6.03. The second-order valence-electron chi connectivity index (χ2n) is 7.74. The van der Waals surface area contributed by atoms with Crippen LogP contribution in [0.4, 0.5) is 5.69 Å². The number of Topliss-reactive ketones (excluding diaryl/α,β-unsaturated/α-hetero) is 1. The van der Waals surface area contributed by atoms with Gasteiger partial charge in [-0.15, -0.1) is 0 Å². The van der Waals surface area contributed by atoms with Gasteiger partial charge in [-0.3, -0.25) is 14.4 Å². The Labute approximate surface area is 208 Å². The van der Waals surface area contributed by atoms with E-state index in [1.54, 1.807) is 72.8 Å². The van der Waals surface area contributed by atoms with Gasteiger partial charge in [-0.1, -0.05) is 60.7 Å². The van der Waals surface area contributed by atoms with Crippen molar-refractivity contribution in [3.05, 3.63) is 120 Å². The molecule has 4 rings (SSSR count). The Morgan fingerprint density at radius 1 is 0.667 bits per heavy atom. The molecule has 0 aliphatic carbocycles. The van der Waals surface area contributed by atoms with Crippen molar-refractivity contribution in [1.29, 1.82) is 0 Å². The molecule has 180 valence electrons. The summed E-state index contributed by atoms with van der Waals surface area (Å²) >= 11 is 0. The minimum absolute atomic E-state index is 0.151. The van der Waals surface area contributed by atoms with Crippen LogP contribution in [0.1, 0.15) is 20.7 Å². The van der Waals surface area contributed by atoms with Crippen LogP contribution in [0, 0.1) is 0 Å². The van der Waals surface area contributed by atoms with Crippen molar-refractivity contribution in [2.75, 3.05) is 18.5 Å². The molecule has 0 bridgehead atoms. The van der Waals surface area contributed by atoms with Crippen LogP contribution in [0.3, 0.4) is 0 Å². The topological polar surface area (TPSA) is 93.7 Å². The van der Waals surface area contributed by atoms with E-state index in [-0.39, 0.29) is 36.2 Å². The molecule has 0 atom stereocenters. The molecule has 4 aromatic carbocycles. The molecule has 0 saturated heterocycles. The Kier molecular flexibility index (Phi) is 8.07. The fourth-order valence-corrected chi connectivity index (χ4v) is 3.33. The van der Waals surface area contributed by atoms with Gasteiger partial charge in [0.15, 0.2) is 12.4 Å². The summed E-state index contributed by atoms with van der Waals surface area (Å²) in [5.74, 6) is 0.535. The zero-order valence-electron chi connectivity index (χ0n) is 19.3. The number of hydrogen-bond acceptors (Lipinski definition) is 5. The van der Waals surface area contributed by atoms with E-state index in [0.717, 1.165) is 5.75 Å². The molecule has 2 N–H and O–H groups in total. The Morgan fingerprint density at radius 2 is 1.28 bits per heavy atom. The molecule has 0 fully saturated rings. The second kappa shape index (κ2) is 12.0. The lowest BCUT2D eigenvalue weighted by Gasteiger charge is -2.12. The molecule has 0 aromatic heterocycles. The number of amides is 2. The van der Waals surface area contributed by atoms with E-state index in [0.29, 0.717) is 17.0 Å². The number of carbonyl (C=O) groups is 3. The molecular formula is C29H24N2O5. The maximum atomic E-state index is 12.6. The standard InChI is InChI=1S/C29H24N2O5/c32-26(21-9-3-1-4-10-21)19-30-29(34)25-13-7-8-14-27(25)35-20-28(33)31-22-15-17-24(18-16-22)36-23-11-5-2-6-12-23/h1-18H,19-20H2,(H,30,34)(H,31,33). The summed E-state index contributed by atoms with van der Waals surface area (Å²) in [5.41, 5.74) is 1.32. The van der Waals surface area contributed by atoms with Gasteiger partial charge in [-0.05, 0) is 48.5 Å². The summed E-state index contributed by atoms with van der Waals surface area (Å²) in [6, 6.07) is 31.6. The van der Waals surface area contributed by atoms with Gasteiger partial charge in [0.05, 0.1) is 12.1 Å². The van der Waals surface area contributed by atoms with Crippen molar-refractivity contribution >= 4 is 23.3 Å². The number of hydrogen-bond donors (Lipinski definition) is 2. The maximum absolute atomic E-state index is 12.6. The molecule has 4 aromatic rings. The summed E-state index contributed by atoms with van der Waals surface area (Å²) in [5, 5.41) is 5.35. The van der Waals surface area contributed by atoms with Crippen molar-refractivity contribution in [3.63, 3.8) is 0 Å². The summed E-state index contributed by atoms with van der Waals surface area (Å²) in [4.78, 5) is 37.3. The van der Waals surface area contributed by atoms with Crippen molar-refractivity contribution in [3.8, 4) is 17.2 Å². The average molecular weight is 481 g/mol. The van der Waals surface area contributed by atoms with Crippen LogP contribution < -0.4 is 20.1 Å². The van der Waals surface area contributed by atoms with Crippen LogP contribution in [0.2, 0.25) is 0 Å². The van der Waals surface area contributed by atoms with Gasteiger partial charge in [-0.25, -0.2) is 0 Å². The fourth-order valence-electron chi connectivity index (χ4n) is 3.33. The third kappa shape index (κ3) is 6.80. The quantitative estimate of drug-likeness (QED) is 0.308. The molecule has 0 unspecified atom stereocenters. The third-order valence-corrected chi connectivity index (χ3v) is 5.11. The number of para-hydroxylation sites is 2. The van der Waals surface area contributed by atoms with Crippen LogP contribution in [-0.2, 0) is 4.79 Å². The Bertz CT molecular complexity index is 1320. The molecule has 2 amide bonds. The lowest BCUT2D eigenvalue weighted by Crippen LogP contribution is -2.30. The molecular weight excluding hydrogens is 456 g/mol. The molecule has 7 nitrogen and oxygen atoms in total. The predicted molar refractivity (Wildman–Crippen MR) is 137 cm³/mol. The Morgan fingerprint density at radius 3 is 2.00 bits per heavy atom. The highest BCUT2D eigenvalue weighted by atomic mass is 16.5. The monoisotopic (exact) mass is 480 g/mol. The Hall–Kier alpha value is -4.91. The molecule has 0 aliphatic rings. The summed E-state index contributed by atoms with van der Waals surface area (Å²) in [6.07, 6.45) is 0. The number of rotatable bonds is 10. The van der Waals surface area contributed by atoms with Gasteiger partial charge in [-0.2, -0.15) is 0 Å². The number of carbonyl (C=O) groups excluding carboxylic acids is 3. The predicted octanol–water partition coefficient (Wildman–Crippen LogP) is 5.11. The number of ketones is 1. The first-order valence-corrected chi connectivity index (χ1v) is 11.3. The third-order valence-electron chi connectivity index (χ3n) is 5.11. The smallest absolute Gasteiger partial charge is 0.262 e. The van der Waals surface area contributed by atoms with Gasteiger partial charge in [0.25, 0.3) is 11.8 Å². The zero-order chi connectivity index (χ0) is 25.2. The van der Waals surface area contributed by atoms with Crippen LogP contribution in [-0.4, -0.2) is 30.7 Å². The van der Waals surface area contributed by atoms with E-state index < -0.39 is 5.91 Å². The van der Waals surface area contributed by atoms with Gasteiger partial charge in [0, 0.05) is 11.3 Å². The van der Waals surface area contributed by atoms with Crippen LogP contribution in [0.25, 0.3) is 0 Å². The van der Waals surface area contributed by atoms with Gasteiger partial charge < -0.3 is 20.1 Å². The van der Waals surface area contributed by atoms with Crippen LogP contribution >= 0.6 is 0 Å². The average Bonchev–Trinajstić information content (AvgIpc) is 2.92. The first kappa shape index (κ1) is 24.2. The molecule has 0 spiro atoms. The number of ether oxygens (including phenoxy) is 2. The largest absolute Gasteiger partial charge is 0.483 e. The molecule has 36 heavy (non-hydrogen) atoms. The lowest BCUT2D eigenvalue weighted by atomic mass is 10.1. The van der Waals surface area contributed by atoms with E-state index >= 15 is 0 Å². The van der Waals surface area contributed by atoms with Crippen molar-refractivity contribution in [2.45, 2.75) is 0 Å². The van der Waals surface area contributed by atoms with E-state index in [1.807, 2.05) is 36.4 Å². The van der Waals surface area contributed by atoms with Crippen molar-refractivity contribution < 1.29 is 23.9 Å². The fraction of sp³-hybridized carbons (Fsp3) is 0.0690. The number of benzene rings is 4. The summed E-state index contributed by atoms with van der Waals surface area (Å²) in [7, 11) is 0. The maximum Gasteiger partial charge on any atom is 0.262 e. The van der Waals surface area contributed by atoms with E-state index in [4.69, 9.17) is 9.47 Å². The minimum Gasteiger partial charge on any atom is -0.483 e. The highest BCUT2D eigenvalue weighted by Crippen LogP contribution is 2.23. The van der Waals surface area contributed by atoms with E-state index in [1.165, 1.54) is 0 Å². The summed E-state index contributed by atoms with van der Waals surface area (Å²) < 4.78 is 11.3. The molecule has 0 heterocycles. The van der Waals surface area contributed by atoms with Crippen molar-refractivity contribution in [2.24, 2.45) is 0 Å². The molecule has 0 aliphatic heterocycles. The molecule has 0 radical (unpaired) electrons. The first-order valence-electron chi connectivity index (χ1n) is 11.3. The Balaban J connectivity index is 1.29.